The van der Waals surface area contributed by atoms with E-state index in [2.05, 4.69) is 108 Å². The highest BCUT2D eigenvalue weighted by molar-refractivity contribution is 7.13. The SMILES string of the molecule is CCc1ccc(NCc2cc(=O)n3[nH]c(-c4ccccc4)nc3n2)cc1.Cc1ccc(-c2nc3nc(CNc4cc(Cl)ccc4C)cc(=O)n3[nH]2)cc1C.Cc1ccc(NCc2cc(=O)n3[nH]c(-c4cccs4)nc3n2)cc1Cl.Cc1cccc(-c2nc3nc(CNc4cccc(C(F)(F)F)c4)cc(=O)n3[nH]2)c1. The van der Waals surface area contributed by atoms with Crippen LogP contribution < -0.4 is 43.5 Å². The lowest BCUT2D eigenvalue weighted by atomic mass is 10.1. The van der Waals surface area contributed by atoms with Crippen molar-refractivity contribution >= 4 is 80.4 Å². The van der Waals surface area contributed by atoms with Gasteiger partial charge in [0.05, 0.1) is 59.4 Å². The molecule has 9 heterocycles. The van der Waals surface area contributed by atoms with Gasteiger partial charge in [-0.15, -0.1) is 11.3 Å². The van der Waals surface area contributed by atoms with Gasteiger partial charge in [0.1, 0.15) is 0 Å². The van der Waals surface area contributed by atoms with E-state index in [9.17, 15) is 32.3 Å². The number of alkyl halides is 3. The van der Waals surface area contributed by atoms with Crippen LogP contribution in [-0.2, 0) is 38.8 Å². The summed E-state index contributed by atoms with van der Waals surface area (Å²) >= 11 is 13.7. The predicted octanol–water partition coefficient (Wildman–Crippen LogP) is 15.3. The smallest absolute Gasteiger partial charge is 0.379 e. The lowest BCUT2D eigenvalue weighted by Crippen LogP contribution is -2.17. The van der Waals surface area contributed by atoms with E-state index in [0.29, 0.717) is 93.1 Å². The number of halogens is 5. The molecule has 0 radical (unpaired) electrons. The first-order valence-electron chi connectivity index (χ1n) is 34.0. The summed E-state index contributed by atoms with van der Waals surface area (Å²) in [6, 6.07) is 57.5. The van der Waals surface area contributed by atoms with Crippen molar-refractivity contribution in [3.05, 3.63) is 313 Å². The van der Waals surface area contributed by atoms with Gasteiger partial charge in [-0.3, -0.25) is 39.6 Å². The Morgan fingerprint density at radius 1 is 0.407 bits per heavy atom. The molecule has 108 heavy (non-hydrogen) atoms. The summed E-state index contributed by atoms with van der Waals surface area (Å²) in [4.78, 5) is 86.0. The maximum atomic E-state index is 12.8. The Morgan fingerprint density at radius 2 is 0.880 bits per heavy atom. The standard InChI is InChI=1S/C21H20ClN5O.C20H16F3N5O.C20H19N5O.C17H14ClN5OS/c1-12-4-6-15(8-14(12)3)20-25-21-24-17(10-19(28)27(21)26-20)11-23-18-9-16(22)7-5-13(18)2;1-12-4-2-5-13(8-12)18-26-19-25-16(10-17(29)28(19)27-18)11-24-15-7-3-6-14(9-15)20(21,22)23;1-2-14-8-10-16(11-9-14)21-13-17-12-18(26)25-20(22-17)23-19(24-25)15-6-4-3-5-7-15;1-10-4-5-11(7-13(10)18)19-9-12-8-15(24)23-17(20-12)21-16(22-23)14-3-2-6-25-14/h4-10,23H,11H2,1-3H3,(H,24,25,26);2-10,24H,11H2,1H3,(H,25,26,27);3-12,21H,2,13H2,1H3,(H,22,23,24);2-8,19H,9H2,1H3,(H,20,21,22). The molecule has 546 valence electrons. The lowest BCUT2D eigenvalue weighted by Gasteiger charge is -2.10. The molecule has 0 aliphatic carbocycles. The fraction of sp³-hybridized carbons (Fsp3) is 0.154. The summed E-state index contributed by atoms with van der Waals surface area (Å²) in [6.45, 7) is 13.5. The highest BCUT2D eigenvalue weighted by Crippen LogP contribution is 2.31. The highest BCUT2D eigenvalue weighted by Gasteiger charge is 2.30. The van der Waals surface area contributed by atoms with Crippen LogP contribution >= 0.6 is 34.5 Å². The van der Waals surface area contributed by atoms with Crippen LogP contribution in [0.2, 0.25) is 10.0 Å². The summed E-state index contributed by atoms with van der Waals surface area (Å²) in [5.74, 6) is 3.63. The Hall–Kier alpha value is -12.8. The van der Waals surface area contributed by atoms with E-state index in [0.717, 1.165) is 73.9 Å². The third-order valence-corrected chi connectivity index (χ3v) is 18.7. The Balaban J connectivity index is 0.000000127. The minimum atomic E-state index is -4.42. The molecular weight excluding hydrogens is 1440 g/mol. The van der Waals surface area contributed by atoms with Crippen molar-refractivity contribution in [3.63, 3.8) is 0 Å². The molecule has 0 aliphatic heterocycles. The zero-order chi connectivity index (χ0) is 75.8. The quantitative estimate of drug-likeness (QED) is 0.0420. The zero-order valence-corrected chi connectivity index (χ0v) is 61.2. The van der Waals surface area contributed by atoms with E-state index in [1.807, 2.05) is 167 Å². The third kappa shape index (κ3) is 17.8. The Kier molecular flexibility index (Phi) is 22.0. The highest BCUT2D eigenvalue weighted by atomic mass is 35.5. The summed E-state index contributed by atoms with van der Waals surface area (Å²) in [5, 5.41) is 27.9. The van der Waals surface area contributed by atoms with E-state index in [1.165, 1.54) is 71.2 Å². The number of thiophene rings is 1. The number of aromatic amines is 4. The van der Waals surface area contributed by atoms with Crippen molar-refractivity contribution in [2.45, 2.75) is 80.3 Å². The number of rotatable bonds is 17. The molecule has 0 saturated carbocycles. The van der Waals surface area contributed by atoms with E-state index in [-0.39, 0.29) is 40.2 Å². The number of nitrogens with zero attached hydrogens (tertiary/aromatic N) is 12. The molecule has 0 unspecified atom stereocenters. The number of H-pyrrole nitrogens is 4. The largest absolute Gasteiger partial charge is 0.416 e. The Labute approximate surface area is 627 Å². The summed E-state index contributed by atoms with van der Waals surface area (Å²) in [6.07, 6.45) is -3.41. The van der Waals surface area contributed by atoms with Crippen LogP contribution in [0.5, 0.6) is 0 Å². The summed E-state index contributed by atoms with van der Waals surface area (Å²) in [7, 11) is 0. The van der Waals surface area contributed by atoms with Gasteiger partial charge in [0.25, 0.3) is 45.3 Å². The van der Waals surface area contributed by atoms with Gasteiger partial charge in [-0.1, -0.05) is 133 Å². The maximum absolute atomic E-state index is 12.8. The third-order valence-electron chi connectivity index (χ3n) is 17.2. The monoisotopic (exact) mass is 1510 g/mol. The van der Waals surface area contributed by atoms with Crippen molar-refractivity contribution in [3.8, 4) is 44.9 Å². The molecule has 0 fully saturated rings. The number of hydrogen-bond acceptors (Lipinski definition) is 17. The fourth-order valence-corrected chi connectivity index (χ4v) is 12.2. The van der Waals surface area contributed by atoms with Gasteiger partial charge >= 0.3 is 6.18 Å². The van der Waals surface area contributed by atoms with Gasteiger partial charge in [-0.25, -0.2) is 19.9 Å². The van der Waals surface area contributed by atoms with Crippen LogP contribution in [-0.4, -0.2) is 78.3 Å². The predicted molar refractivity (Wildman–Crippen MR) is 417 cm³/mol. The minimum absolute atomic E-state index is 0.0830. The molecule has 7 aromatic carbocycles. The second-order valence-corrected chi connectivity index (χ2v) is 26.9. The van der Waals surface area contributed by atoms with Crippen LogP contribution in [0, 0.1) is 34.6 Å². The van der Waals surface area contributed by atoms with Crippen molar-refractivity contribution in [1.82, 2.24) is 78.3 Å². The average Bonchev–Trinajstić information content (AvgIpc) is 1.66. The molecule has 0 bridgehead atoms. The van der Waals surface area contributed by atoms with Crippen LogP contribution in [0.25, 0.3) is 68.0 Å². The fourth-order valence-electron chi connectivity index (χ4n) is 11.2. The lowest BCUT2D eigenvalue weighted by molar-refractivity contribution is -0.137. The van der Waals surface area contributed by atoms with Gasteiger partial charge in [-0.05, 0) is 147 Å². The van der Waals surface area contributed by atoms with Crippen molar-refractivity contribution in [2.24, 2.45) is 0 Å². The normalized spacial score (nSPS) is 11.2. The first-order valence-corrected chi connectivity index (χ1v) is 35.6. The molecule has 0 aliphatic rings. The van der Waals surface area contributed by atoms with E-state index >= 15 is 0 Å². The minimum Gasteiger partial charge on any atom is -0.379 e. The molecule has 8 N–H and O–H groups in total. The van der Waals surface area contributed by atoms with Gasteiger partial charge < -0.3 is 21.3 Å². The Morgan fingerprint density at radius 3 is 1.40 bits per heavy atom. The number of hydrogen-bond donors (Lipinski definition) is 8. The Bertz CT molecular complexity index is 6170. The number of anilines is 4. The summed E-state index contributed by atoms with van der Waals surface area (Å²) in [5.41, 5.74) is 13.1. The first-order chi connectivity index (χ1) is 52.0. The van der Waals surface area contributed by atoms with E-state index in [4.69, 9.17) is 23.2 Å². The molecule has 0 atom stereocenters. The maximum Gasteiger partial charge on any atom is 0.416 e. The van der Waals surface area contributed by atoms with Crippen molar-refractivity contribution in [2.75, 3.05) is 21.3 Å². The van der Waals surface area contributed by atoms with Crippen LogP contribution in [0.4, 0.5) is 35.9 Å². The van der Waals surface area contributed by atoms with Crippen LogP contribution in [0.15, 0.2) is 219 Å². The number of aromatic nitrogens is 16. The van der Waals surface area contributed by atoms with Gasteiger partial charge in [-0.2, -0.15) is 51.2 Å². The van der Waals surface area contributed by atoms with Gasteiger partial charge in [0.15, 0.2) is 23.3 Å². The number of nitrogens with one attached hydrogen (secondary N) is 8. The van der Waals surface area contributed by atoms with Crippen LogP contribution in [0.3, 0.4) is 0 Å². The second-order valence-electron chi connectivity index (χ2n) is 25.2. The average molecular weight is 1510 g/mol. The van der Waals surface area contributed by atoms with Gasteiger partial charge in [0.2, 0.25) is 0 Å². The topological polar surface area (TPSA) is 300 Å². The molecule has 30 heteroatoms. The van der Waals surface area contributed by atoms with E-state index < -0.39 is 11.7 Å². The van der Waals surface area contributed by atoms with Crippen molar-refractivity contribution in [1.29, 1.82) is 0 Å². The molecular formula is C78H69Cl2F3N20O4S. The molecule has 24 nitrogen and oxygen atoms in total. The van der Waals surface area contributed by atoms with Crippen LogP contribution in [0.1, 0.15) is 68.6 Å². The number of benzene rings is 7. The molecule has 9 aromatic heterocycles. The molecule has 16 rings (SSSR count). The van der Waals surface area contributed by atoms with Gasteiger partial charge in [0, 0.05) is 73.8 Å². The summed E-state index contributed by atoms with van der Waals surface area (Å²) < 4.78 is 43.8. The molecule has 0 saturated heterocycles. The zero-order valence-electron chi connectivity index (χ0n) is 58.9. The number of fused-ring (bicyclic) bond motifs is 4. The molecule has 16 aromatic rings. The van der Waals surface area contributed by atoms with E-state index in [1.54, 1.807) is 11.3 Å². The number of aryl methyl sites for hydroxylation is 6. The molecule has 0 spiro atoms. The second kappa shape index (κ2) is 32.3. The molecule has 0 amide bonds. The van der Waals surface area contributed by atoms with Crippen molar-refractivity contribution < 1.29 is 13.2 Å². The first kappa shape index (κ1) is 73.5.